The van der Waals surface area contributed by atoms with Crippen molar-refractivity contribution in [3.63, 3.8) is 0 Å². The average molecular weight is 265 g/mol. The molecular weight excluding hydrogens is 245 g/mol. The first-order chi connectivity index (χ1) is 8.96. The molecule has 0 spiro atoms. The van der Waals surface area contributed by atoms with Crippen LogP contribution in [0.3, 0.4) is 0 Å². The number of amides is 1. The van der Waals surface area contributed by atoms with Gasteiger partial charge >= 0.3 is 0 Å². The fraction of sp³-hybridized carbons (Fsp3) is 0.533. The van der Waals surface area contributed by atoms with Gasteiger partial charge in [-0.3, -0.25) is 4.79 Å². The number of aryl methyl sites for hydroxylation is 1. The lowest BCUT2D eigenvalue weighted by Crippen LogP contribution is -2.45. The second kappa shape index (κ2) is 5.70. The average Bonchev–Trinajstić information content (AvgIpc) is 2.37. The van der Waals surface area contributed by atoms with E-state index in [9.17, 15) is 14.3 Å². The van der Waals surface area contributed by atoms with E-state index in [4.69, 9.17) is 0 Å². The Morgan fingerprint density at radius 3 is 2.47 bits per heavy atom. The number of piperidine rings is 1. The second-order valence-electron chi connectivity index (χ2n) is 5.50. The topological polar surface area (TPSA) is 40.5 Å². The highest BCUT2D eigenvalue weighted by molar-refractivity contribution is 5.76. The number of hydrogen-bond acceptors (Lipinski definition) is 2. The van der Waals surface area contributed by atoms with Crippen molar-refractivity contribution in [2.24, 2.45) is 0 Å². The van der Waals surface area contributed by atoms with Crippen LogP contribution >= 0.6 is 0 Å². The van der Waals surface area contributed by atoms with E-state index in [1.807, 2.05) is 11.8 Å². The maximum atomic E-state index is 12.8. The molecule has 0 aliphatic carbocycles. The van der Waals surface area contributed by atoms with Gasteiger partial charge in [-0.15, -0.1) is 0 Å². The number of nitrogens with zero attached hydrogens (tertiary/aromatic N) is 1. The van der Waals surface area contributed by atoms with E-state index in [0.29, 0.717) is 38.8 Å². The monoisotopic (exact) mass is 265 g/mol. The van der Waals surface area contributed by atoms with Crippen LogP contribution in [0.5, 0.6) is 0 Å². The van der Waals surface area contributed by atoms with Gasteiger partial charge in [0.1, 0.15) is 5.82 Å². The van der Waals surface area contributed by atoms with Gasteiger partial charge in [-0.05, 0) is 43.9 Å². The highest BCUT2D eigenvalue weighted by atomic mass is 19.1. The number of likely N-dealkylation sites (tertiary alicyclic amines) is 1. The van der Waals surface area contributed by atoms with Gasteiger partial charge in [0.2, 0.25) is 5.91 Å². The zero-order chi connectivity index (χ0) is 13.9. The highest BCUT2D eigenvalue weighted by Crippen LogP contribution is 2.21. The predicted octanol–water partition coefficient (Wildman–Crippen LogP) is 2.13. The summed E-state index contributed by atoms with van der Waals surface area (Å²) in [6.07, 6.45) is 2.34. The fourth-order valence-electron chi connectivity index (χ4n) is 2.30. The fourth-order valence-corrected chi connectivity index (χ4v) is 2.30. The molecule has 1 fully saturated rings. The zero-order valence-corrected chi connectivity index (χ0v) is 11.2. The minimum atomic E-state index is -0.631. The lowest BCUT2D eigenvalue weighted by molar-refractivity contribution is -0.134. The van der Waals surface area contributed by atoms with Crippen molar-refractivity contribution < 1.29 is 14.3 Å². The lowest BCUT2D eigenvalue weighted by Gasteiger charge is -2.35. The molecule has 0 radical (unpaired) electrons. The van der Waals surface area contributed by atoms with Gasteiger partial charge in [0.05, 0.1) is 5.60 Å². The number of halogens is 1. The Kier molecular flexibility index (Phi) is 4.20. The van der Waals surface area contributed by atoms with Crippen molar-refractivity contribution in [3.8, 4) is 0 Å². The molecule has 4 heteroatoms. The standard InChI is InChI=1S/C15H20FNO2/c1-15(19)8-10-17(11-9-15)14(18)7-4-12-2-5-13(16)6-3-12/h2-3,5-6,19H,4,7-11H2,1H3. The van der Waals surface area contributed by atoms with E-state index in [1.54, 1.807) is 12.1 Å². The number of benzene rings is 1. The maximum Gasteiger partial charge on any atom is 0.222 e. The van der Waals surface area contributed by atoms with Crippen LogP contribution in [0.2, 0.25) is 0 Å². The summed E-state index contributed by atoms with van der Waals surface area (Å²) in [6.45, 7) is 3.05. The van der Waals surface area contributed by atoms with Crippen LogP contribution in [0.4, 0.5) is 4.39 Å². The first kappa shape index (κ1) is 14.0. The molecule has 1 aromatic rings. The molecule has 1 N–H and O–H groups in total. The SMILES string of the molecule is CC1(O)CCN(C(=O)CCc2ccc(F)cc2)CC1. The van der Waals surface area contributed by atoms with Crippen LogP contribution < -0.4 is 0 Å². The minimum absolute atomic E-state index is 0.111. The normalized spacial score (nSPS) is 18.4. The summed E-state index contributed by atoms with van der Waals surface area (Å²) in [6, 6.07) is 6.25. The van der Waals surface area contributed by atoms with Crippen LogP contribution in [0.15, 0.2) is 24.3 Å². The summed E-state index contributed by atoms with van der Waals surface area (Å²) in [5.74, 6) is -0.145. The largest absolute Gasteiger partial charge is 0.390 e. The van der Waals surface area contributed by atoms with E-state index in [2.05, 4.69) is 0 Å². The van der Waals surface area contributed by atoms with Crippen molar-refractivity contribution in [1.82, 2.24) is 4.90 Å². The summed E-state index contributed by atoms with van der Waals surface area (Å²) < 4.78 is 12.8. The molecule has 3 nitrogen and oxygen atoms in total. The quantitative estimate of drug-likeness (QED) is 0.909. The number of rotatable bonds is 3. The number of hydrogen-bond donors (Lipinski definition) is 1. The molecule has 0 atom stereocenters. The Labute approximate surface area is 113 Å². The molecule has 1 saturated heterocycles. The zero-order valence-electron chi connectivity index (χ0n) is 11.2. The van der Waals surface area contributed by atoms with E-state index in [1.165, 1.54) is 12.1 Å². The van der Waals surface area contributed by atoms with Gasteiger partial charge in [-0.2, -0.15) is 0 Å². The minimum Gasteiger partial charge on any atom is -0.390 e. The Bertz CT molecular complexity index is 432. The van der Waals surface area contributed by atoms with Crippen LogP contribution in [0.1, 0.15) is 31.7 Å². The molecule has 104 valence electrons. The first-order valence-electron chi connectivity index (χ1n) is 6.71. The molecule has 0 bridgehead atoms. The first-order valence-corrected chi connectivity index (χ1v) is 6.71. The molecule has 0 unspecified atom stereocenters. The van der Waals surface area contributed by atoms with Crippen molar-refractivity contribution >= 4 is 5.91 Å². The number of aliphatic hydroxyl groups is 1. The van der Waals surface area contributed by atoms with Crippen LogP contribution in [-0.4, -0.2) is 34.6 Å². The van der Waals surface area contributed by atoms with Crippen LogP contribution in [0.25, 0.3) is 0 Å². The molecule has 19 heavy (non-hydrogen) atoms. The smallest absolute Gasteiger partial charge is 0.222 e. The third-order valence-corrected chi connectivity index (χ3v) is 3.73. The Hall–Kier alpha value is -1.42. The van der Waals surface area contributed by atoms with Crippen LogP contribution in [-0.2, 0) is 11.2 Å². The van der Waals surface area contributed by atoms with E-state index in [-0.39, 0.29) is 11.7 Å². The summed E-state index contributed by atoms with van der Waals surface area (Å²) in [4.78, 5) is 13.8. The summed E-state index contributed by atoms with van der Waals surface area (Å²) >= 11 is 0. The molecule has 1 aliphatic heterocycles. The third-order valence-electron chi connectivity index (χ3n) is 3.73. The van der Waals surface area contributed by atoms with Crippen LogP contribution in [0, 0.1) is 5.82 Å². The van der Waals surface area contributed by atoms with E-state index >= 15 is 0 Å². The molecule has 1 amide bonds. The van der Waals surface area contributed by atoms with Gasteiger partial charge in [-0.1, -0.05) is 12.1 Å². The summed E-state index contributed by atoms with van der Waals surface area (Å²) in [7, 11) is 0. The lowest BCUT2D eigenvalue weighted by atomic mass is 9.93. The second-order valence-corrected chi connectivity index (χ2v) is 5.50. The van der Waals surface area contributed by atoms with Gasteiger partial charge in [0.25, 0.3) is 0 Å². The Balaban J connectivity index is 1.80. The molecule has 2 rings (SSSR count). The highest BCUT2D eigenvalue weighted by Gasteiger charge is 2.29. The van der Waals surface area contributed by atoms with E-state index in [0.717, 1.165) is 5.56 Å². The van der Waals surface area contributed by atoms with Gasteiger partial charge in [0, 0.05) is 19.5 Å². The van der Waals surface area contributed by atoms with Gasteiger partial charge in [0.15, 0.2) is 0 Å². The van der Waals surface area contributed by atoms with Crippen molar-refractivity contribution in [1.29, 1.82) is 0 Å². The van der Waals surface area contributed by atoms with Crippen molar-refractivity contribution in [2.45, 2.75) is 38.2 Å². The number of carbonyl (C=O) groups is 1. The Morgan fingerprint density at radius 2 is 1.89 bits per heavy atom. The number of carbonyl (C=O) groups excluding carboxylic acids is 1. The van der Waals surface area contributed by atoms with Gasteiger partial charge in [-0.25, -0.2) is 4.39 Å². The molecule has 0 aromatic heterocycles. The van der Waals surface area contributed by atoms with Gasteiger partial charge < -0.3 is 10.0 Å². The maximum absolute atomic E-state index is 12.8. The predicted molar refractivity (Wildman–Crippen MR) is 71.2 cm³/mol. The van der Waals surface area contributed by atoms with Crippen molar-refractivity contribution in [3.05, 3.63) is 35.6 Å². The molecule has 0 saturated carbocycles. The molecule has 1 heterocycles. The van der Waals surface area contributed by atoms with E-state index < -0.39 is 5.60 Å². The molecule has 1 aliphatic rings. The van der Waals surface area contributed by atoms with Crippen molar-refractivity contribution in [2.75, 3.05) is 13.1 Å². The summed E-state index contributed by atoms with van der Waals surface area (Å²) in [5.41, 5.74) is 0.340. The molecule has 1 aromatic carbocycles. The Morgan fingerprint density at radius 1 is 1.32 bits per heavy atom. The summed E-state index contributed by atoms with van der Waals surface area (Å²) in [5, 5.41) is 9.83. The molecular formula is C15H20FNO2. The third kappa shape index (κ3) is 4.03.